The molecular weight excluding hydrogens is 457 g/mol. The molecule has 3 rings (SSSR count). The van der Waals surface area contributed by atoms with Crippen LogP contribution in [0, 0.1) is 35.2 Å². The van der Waals surface area contributed by atoms with Crippen molar-refractivity contribution in [3.8, 4) is 11.8 Å². The Morgan fingerprint density at radius 1 is 1.16 bits per heavy atom. The zero-order valence-corrected chi connectivity index (χ0v) is 18.5. The molecule has 32 heavy (non-hydrogen) atoms. The fourth-order valence-corrected chi connectivity index (χ4v) is 4.03. The minimum Gasteiger partial charge on any atom is -0.322 e. The maximum atomic E-state index is 13.4. The predicted molar refractivity (Wildman–Crippen MR) is 121 cm³/mol. The number of benzene rings is 2. The zero-order valence-electron chi connectivity index (χ0n) is 17.0. The summed E-state index contributed by atoms with van der Waals surface area (Å²) in [5.41, 5.74) is 0.788. The van der Waals surface area contributed by atoms with Crippen molar-refractivity contribution in [3.63, 3.8) is 0 Å². The van der Waals surface area contributed by atoms with Gasteiger partial charge >= 0.3 is 0 Å². The summed E-state index contributed by atoms with van der Waals surface area (Å²) in [7, 11) is 0. The van der Waals surface area contributed by atoms with E-state index in [1.165, 1.54) is 17.8 Å². The van der Waals surface area contributed by atoms with E-state index in [9.17, 15) is 18.0 Å². The SMILES string of the molecule is CC(C#Cc1ccccn1)CCSc1cc(C(=O)Nc2cc(F)c(F)c(F)c2)ccc1Cl. The molecule has 3 nitrogen and oxygen atoms in total. The molecule has 1 amide bonds. The summed E-state index contributed by atoms with van der Waals surface area (Å²) in [6.45, 7) is 2.02. The van der Waals surface area contributed by atoms with Gasteiger partial charge in [-0.15, -0.1) is 11.8 Å². The van der Waals surface area contributed by atoms with Crippen LogP contribution in [-0.2, 0) is 0 Å². The standard InChI is InChI=1S/C24H18ClF3N2OS/c1-15(5-7-17-4-2-3-10-29-17)9-11-32-22-12-16(6-8-19(22)25)24(31)30-18-13-20(26)23(28)21(27)14-18/h2-4,6,8,10,12-15H,9,11H2,1H3,(H,30,31). The van der Waals surface area contributed by atoms with E-state index in [4.69, 9.17) is 11.6 Å². The van der Waals surface area contributed by atoms with Gasteiger partial charge in [0.05, 0.1) is 5.02 Å². The van der Waals surface area contributed by atoms with E-state index < -0.39 is 23.4 Å². The number of nitrogens with zero attached hydrogens (tertiary/aromatic N) is 1. The number of hydrogen-bond acceptors (Lipinski definition) is 3. The van der Waals surface area contributed by atoms with Crippen molar-refractivity contribution in [1.82, 2.24) is 4.98 Å². The van der Waals surface area contributed by atoms with Crippen LogP contribution in [0.2, 0.25) is 5.02 Å². The summed E-state index contributed by atoms with van der Waals surface area (Å²) in [4.78, 5) is 17.3. The highest BCUT2D eigenvalue weighted by Crippen LogP contribution is 2.30. The van der Waals surface area contributed by atoms with E-state index >= 15 is 0 Å². The topological polar surface area (TPSA) is 42.0 Å². The Hall–Kier alpha value is -2.95. The quantitative estimate of drug-likeness (QED) is 0.249. The van der Waals surface area contributed by atoms with Crippen molar-refractivity contribution in [3.05, 3.63) is 88.5 Å². The second kappa shape index (κ2) is 11.1. The third-order valence-electron chi connectivity index (χ3n) is 4.36. The summed E-state index contributed by atoms with van der Waals surface area (Å²) < 4.78 is 39.8. The maximum Gasteiger partial charge on any atom is 0.255 e. The van der Waals surface area contributed by atoms with Crippen molar-refractivity contribution in [1.29, 1.82) is 0 Å². The minimum absolute atomic E-state index is 0.137. The number of thioether (sulfide) groups is 1. The Morgan fingerprint density at radius 3 is 2.59 bits per heavy atom. The first-order valence-electron chi connectivity index (χ1n) is 9.64. The number of halogens is 4. The van der Waals surface area contributed by atoms with Crippen LogP contribution in [0.3, 0.4) is 0 Å². The third kappa shape index (κ3) is 6.52. The average molecular weight is 475 g/mol. The van der Waals surface area contributed by atoms with Gasteiger partial charge in [-0.25, -0.2) is 18.2 Å². The predicted octanol–water partition coefficient (Wildman–Crippen LogP) is 6.57. The molecule has 1 aromatic heterocycles. The molecule has 0 bridgehead atoms. The van der Waals surface area contributed by atoms with Crippen molar-refractivity contribution in [2.24, 2.45) is 5.92 Å². The summed E-state index contributed by atoms with van der Waals surface area (Å²) in [5.74, 6) is 2.10. The van der Waals surface area contributed by atoms with Gasteiger partial charge in [0.2, 0.25) is 0 Å². The lowest BCUT2D eigenvalue weighted by atomic mass is 10.1. The van der Waals surface area contributed by atoms with Gasteiger partial charge in [-0.1, -0.05) is 30.5 Å². The molecule has 0 saturated carbocycles. The van der Waals surface area contributed by atoms with Crippen LogP contribution in [0.1, 0.15) is 29.4 Å². The van der Waals surface area contributed by atoms with Gasteiger partial charge < -0.3 is 5.32 Å². The highest BCUT2D eigenvalue weighted by atomic mass is 35.5. The van der Waals surface area contributed by atoms with Gasteiger partial charge in [0.15, 0.2) is 17.5 Å². The largest absolute Gasteiger partial charge is 0.322 e. The lowest BCUT2D eigenvalue weighted by Gasteiger charge is -2.10. The first-order chi connectivity index (χ1) is 15.3. The van der Waals surface area contributed by atoms with Crippen LogP contribution >= 0.6 is 23.4 Å². The van der Waals surface area contributed by atoms with E-state index in [0.717, 1.165) is 30.0 Å². The molecule has 0 aliphatic heterocycles. The van der Waals surface area contributed by atoms with E-state index in [1.807, 2.05) is 25.1 Å². The smallest absolute Gasteiger partial charge is 0.255 e. The monoisotopic (exact) mass is 474 g/mol. The Morgan fingerprint density at radius 2 is 1.91 bits per heavy atom. The molecule has 0 radical (unpaired) electrons. The van der Waals surface area contributed by atoms with Crippen molar-refractivity contribution in [2.75, 3.05) is 11.1 Å². The van der Waals surface area contributed by atoms with E-state index in [2.05, 4.69) is 22.1 Å². The minimum atomic E-state index is -1.59. The Balaban J connectivity index is 1.60. The molecule has 1 heterocycles. The van der Waals surface area contributed by atoms with E-state index in [1.54, 1.807) is 18.3 Å². The number of carbonyl (C=O) groups is 1. The van der Waals surface area contributed by atoms with Gasteiger partial charge in [0.1, 0.15) is 5.69 Å². The summed E-state index contributed by atoms with van der Waals surface area (Å²) in [5, 5.41) is 2.84. The first kappa shape index (κ1) is 23.7. The lowest BCUT2D eigenvalue weighted by molar-refractivity contribution is 0.102. The third-order valence-corrected chi connectivity index (χ3v) is 5.89. The van der Waals surface area contributed by atoms with Crippen LogP contribution in [0.15, 0.2) is 59.6 Å². The molecule has 0 fully saturated rings. The van der Waals surface area contributed by atoms with Gasteiger partial charge in [0, 0.05) is 40.4 Å². The summed E-state index contributed by atoms with van der Waals surface area (Å²) in [6, 6.07) is 11.7. The molecule has 1 N–H and O–H groups in total. The van der Waals surface area contributed by atoms with Crippen LogP contribution in [0.25, 0.3) is 0 Å². The van der Waals surface area contributed by atoms with Crippen molar-refractivity contribution < 1.29 is 18.0 Å². The number of hydrogen-bond donors (Lipinski definition) is 1. The molecule has 8 heteroatoms. The van der Waals surface area contributed by atoms with Crippen molar-refractivity contribution in [2.45, 2.75) is 18.2 Å². The van der Waals surface area contributed by atoms with Crippen LogP contribution in [-0.4, -0.2) is 16.6 Å². The van der Waals surface area contributed by atoms with E-state index in [-0.39, 0.29) is 17.2 Å². The lowest BCUT2D eigenvalue weighted by Crippen LogP contribution is -2.12. The summed E-state index contributed by atoms with van der Waals surface area (Å²) in [6.07, 6.45) is 2.49. The van der Waals surface area contributed by atoms with Crippen LogP contribution < -0.4 is 5.32 Å². The number of nitrogens with one attached hydrogen (secondary N) is 1. The zero-order chi connectivity index (χ0) is 23.1. The normalized spacial score (nSPS) is 11.4. The molecule has 0 saturated heterocycles. The maximum absolute atomic E-state index is 13.4. The number of aromatic nitrogens is 1. The number of carbonyl (C=O) groups excluding carboxylic acids is 1. The molecule has 164 valence electrons. The second-order valence-electron chi connectivity index (χ2n) is 6.88. The molecule has 1 unspecified atom stereocenters. The molecule has 0 aliphatic carbocycles. The fraction of sp³-hybridized carbons (Fsp3) is 0.167. The summed E-state index contributed by atoms with van der Waals surface area (Å²) >= 11 is 7.72. The van der Waals surface area contributed by atoms with Gasteiger partial charge in [-0.2, -0.15) is 0 Å². The average Bonchev–Trinajstić information content (AvgIpc) is 2.78. The Kier molecular flexibility index (Phi) is 8.20. The van der Waals surface area contributed by atoms with Gasteiger partial charge in [-0.05, 0) is 48.4 Å². The molecular formula is C24H18ClF3N2OS. The van der Waals surface area contributed by atoms with Gasteiger partial charge in [-0.3, -0.25) is 4.79 Å². The second-order valence-corrected chi connectivity index (χ2v) is 8.42. The van der Waals surface area contributed by atoms with Crippen molar-refractivity contribution >= 4 is 35.0 Å². The van der Waals surface area contributed by atoms with E-state index in [0.29, 0.717) is 9.92 Å². The van der Waals surface area contributed by atoms with Crippen LogP contribution in [0.5, 0.6) is 0 Å². The van der Waals surface area contributed by atoms with Crippen LogP contribution in [0.4, 0.5) is 18.9 Å². The Bertz CT molecular complexity index is 1160. The molecule has 3 aromatic rings. The molecule has 0 aliphatic rings. The fourth-order valence-electron chi connectivity index (χ4n) is 2.64. The molecule has 1 atom stereocenters. The number of anilines is 1. The number of rotatable bonds is 6. The first-order valence-corrected chi connectivity index (χ1v) is 11.0. The number of pyridine rings is 1. The van der Waals surface area contributed by atoms with Gasteiger partial charge in [0.25, 0.3) is 5.91 Å². The highest BCUT2D eigenvalue weighted by molar-refractivity contribution is 7.99. The number of amides is 1. The Labute approximate surface area is 193 Å². The molecule has 2 aromatic carbocycles. The highest BCUT2D eigenvalue weighted by Gasteiger charge is 2.14. The molecule has 0 spiro atoms.